The van der Waals surface area contributed by atoms with E-state index in [-0.39, 0.29) is 18.6 Å². The SMILES string of the molecule is [CH][C@@H]1O[C@H](CO)[C@H](CP(CC)OCC)C1O. The zero-order chi connectivity index (χ0) is 12.1. The summed E-state index contributed by atoms with van der Waals surface area (Å²) in [7, 11) is -0.554. The van der Waals surface area contributed by atoms with E-state index < -0.39 is 20.4 Å². The molecule has 0 saturated carbocycles. The molecular formula is C11H21O4P. The number of ether oxygens (including phenoxy) is 1. The molecule has 0 aromatic carbocycles. The van der Waals surface area contributed by atoms with Crippen LogP contribution in [0.2, 0.25) is 0 Å². The zero-order valence-electron chi connectivity index (χ0n) is 9.87. The zero-order valence-corrected chi connectivity index (χ0v) is 10.8. The Bertz CT molecular complexity index is 202. The lowest BCUT2D eigenvalue weighted by Gasteiger charge is -2.23. The van der Waals surface area contributed by atoms with Crippen molar-refractivity contribution in [3.63, 3.8) is 0 Å². The first kappa shape index (κ1) is 14.3. The molecule has 2 radical (unpaired) electrons. The lowest BCUT2D eigenvalue weighted by molar-refractivity contribution is 0.0103. The van der Waals surface area contributed by atoms with E-state index in [0.717, 1.165) is 12.3 Å². The van der Waals surface area contributed by atoms with Crippen LogP contribution in [0.25, 0.3) is 0 Å². The van der Waals surface area contributed by atoms with E-state index >= 15 is 0 Å². The number of aliphatic hydroxyl groups excluding tert-OH is 2. The molecule has 5 heteroatoms. The first-order valence-electron chi connectivity index (χ1n) is 5.71. The molecule has 1 fully saturated rings. The van der Waals surface area contributed by atoms with Gasteiger partial charge in [0.15, 0.2) is 0 Å². The number of hydrogen-bond acceptors (Lipinski definition) is 4. The molecule has 2 unspecified atom stereocenters. The molecule has 1 aliphatic heterocycles. The van der Waals surface area contributed by atoms with Crippen molar-refractivity contribution in [3.8, 4) is 0 Å². The van der Waals surface area contributed by atoms with Gasteiger partial charge in [0, 0.05) is 20.7 Å². The van der Waals surface area contributed by atoms with Crippen LogP contribution in [0.3, 0.4) is 0 Å². The van der Waals surface area contributed by atoms with E-state index in [2.05, 4.69) is 6.92 Å². The second-order valence-corrected chi connectivity index (χ2v) is 6.09. The molecule has 1 saturated heterocycles. The molecule has 0 bridgehead atoms. The van der Waals surface area contributed by atoms with E-state index in [0.29, 0.717) is 6.61 Å². The topological polar surface area (TPSA) is 58.9 Å². The third-order valence-corrected chi connectivity index (χ3v) is 5.00. The third kappa shape index (κ3) is 3.38. The summed E-state index contributed by atoms with van der Waals surface area (Å²) in [6, 6.07) is 0. The first-order chi connectivity index (χ1) is 7.63. The highest BCUT2D eigenvalue weighted by atomic mass is 31.1. The first-order valence-corrected chi connectivity index (χ1v) is 7.34. The lowest BCUT2D eigenvalue weighted by Crippen LogP contribution is -2.30. The normalized spacial score (nSPS) is 36.6. The second kappa shape index (κ2) is 6.87. The predicted octanol–water partition coefficient (Wildman–Crippen LogP) is 0.888. The van der Waals surface area contributed by atoms with Crippen LogP contribution in [0.15, 0.2) is 0 Å². The van der Waals surface area contributed by atoms with Gasteiger partial charge in [0.25, 0.3) is 0 Å². The average molecular weight is 248 g/mol. The van der Waals surface area contributed by atoms with Gasteiger partial charge in [0.2, 0.25) is 0 Å². The molecule has 5 atom stereocenters. The molecule has 1 rings (SSSR count). The Hall–Kier alpha value is 0.270. The van der Waals surface area contributed by atoms with Crippen molar-refractivity contribution in [3.05, 3.63) is 6.92 Å². The summed E-state index contributed by atoms with van der Waals surface area (Å²) in [5, 5.41) is 19.0. The molecule has 0 spiro atoms. The van der Waals surface area contributed by atoms with Crippen LogP contribution in [0.1, 0.15) is 13.8 Å². The van der Waals surface area contributed by atoms with Crippen LogP contribution in [0.5, 0.6) is 0 Å². The summed E-state index contributed by atoms with van der Waals surface area (Å²) in [5.74, 6) is -0.113. The lowest BCUT2D eigenvalue weighted by atomic mass is 9.99. The van der Waals surface area contributed by atoms with Gasteiger partial charge in [-0.2, -0.15) is 0 Å². The van der Waals surface area contributed by atoms with Crippen LogP contribution in [-0.2, 0) is 9.26 Å². The Morgan fingerprint density at radius 2 is 2.12 bits per heavy atom. The second-order valence-electron chi connectivity index (χ2n) is 3.87. The van der Waals surface area contributed by atoms with Gasteiger partial charge in [-0.05, 0) is 26.2 Å². The molecule has 4 nitrogen and oxygen atoms in total. The summed E-state index contributed by atoms with van der Waals surface area (Å²) >= 11 is 0. The van der Waals surface area contributed by atoms with Crippen molar-refractivity contribution in [2.45, 2.75) is 32.2 Å². The summed E-state index contributed by atoms with van der Waals surface area (Å²) in [4.78, 5) is 0. The van der Waals surface area contributed by atoms with Crippen LogP contribution in [0.4, 0.5) is 0 Å². The van der Waals surface area contributed by atoms with E-state index in [1.165, 1.54) is 0 Å². The minimum atomic E-state index is -0.700. The third-order valence-electron chi connectivity index (χ3n) is 2.84. The summed E-state index contributed by atoms with van der Waals surface area (Å²) in [6.45, 7) is 10.2. The molecule has 0 aromatic heterocycles. The molecule has 0 amide bonds. The quantitative estimate of drug-likeness (QED) is 0.685. The molecule has 1 heterocycles. The van der Waals surface area contributed by atoms with Gasteiger partial charge in [-0.3, -0.25) is 0 Å². The number of hydrogen-bond donors (Lipinski definition) is 2. The minimum Gasteiger partial charge on any atom is -0.394 e. The van der Waals surface area contributed by atoms with Gasteiger partial charge in [-0.1, -0.05) is 6.92 Å². The van der Waals surface area contributed by atoms with Crippen molar-refractivity contribution in [1.29, 1.82) is 0 Å². The van der Waals surface area contributed by atoms with Crippen LogP contribution in [0, 0.1) is 12.8 Å². The van der Waals surface area contributed by atoms with Gasteiger partial charge in [-0.25, -0.2) is 0 Å². The Balaban J connectivity index is 2.55. The molecule has 0 aliphatic carbocycles. The number of rotatable bonds is 6. The maximum absolute atomic E-state index is 9.87. The fourth-order valence-electron chi connectivity index (χ4n) is 1.94. The Morgan fingerprint density at radius 3 is 2.62 bits per heavy atom. The number of aliphatic hydroxyl groups is 2. The summed E-state index contributed by atoms with van der Waals surface area (Å²) < 4.78 is 10.9. The predicted molar refractivity (Wildman–Crippen MR) is 63.5 cm³/mol. The Labute approximate surface area is 98.8 Å². The van der Waals surface area contributed by atoms with E-state index in [9.17, 15) is 5.11 Å². The molecule has 0 aromatic rings. The van der Waals surface area contributed by atoms with Crippen LogP contribution >= 0.6 is 8.15 Å². The molecule has 94 valence electrons. The van der Waals surface area contributed by atoms with E-state index in [1.807, 2.05) is 6.92 Å². The van der Waals surface area contributed by atoms with E-state index in [1.54, 1.807) is 0 Å². The molecular weight excluding hydrogens is 227 g/mol. The summed E-state index contributed by atoms with van der Waals surface area (Å²) in [5.41, 5.74) is 0. The van der Waals surface area contributed by atoms with E-state index in [4.69, 9.17) is 21.3 Å². The largest absolute Gasteiger partial charge is 0.394 e. The van der Waals surface area contributed by atoms with Gasteiger partial charge < -0.3 is 19.5 Å². The van der Waals surface area contributed by atoms with Gasteiger partial charge in [0.1, 0.15) is 0 Å². The van der Waals surface area contributed by atoms with Crippen molar-refractivity contribution in [1.82, 2.24) is 0 Å². The minimum absolute atomic E-state index is 0.103. The van der Waals surface area contributed by atoms with Crippen LogP contribution < -0.4 is 0 Å². The van der Waals surface area contributed by atoms with Gasteiger partial charge in [-0.15, -0.1) is 0 Å². The highest BCUT2D eigenvalue weighted by Crippen LogP contribution is 2.42. The van der Waals surface area contributed by atoms with Gasteiger partial charge in [0.05, 0.1) is 24.9 Å². The van der Waals surface area contributed by atoms with Crippen molar-refractivity contribution in [2.75, 3.05) is 25.5 Å². The Morgan fingerprint density at radius 1 is 1.44 bits per heavy atom. The highest BCUT2D eigenvalue weighted by molar-refractivity contribution is 7.52. The van der Waals surface area contributed by atoms with Crippen molar-refractivity contribution in [2.24, 2.45) is 5.92 Å². The summed E-state index contributed by atoms with van der Waals surface area (Å²) in [6.07, 6.45) is -0.0619. The smallest absolute Gasteiger partial charge is 0.0878 e. The van der Waals surface area contributed by atoms with Gasteiger partial charge >= 0.3 is 0 Å². The van der Waals surface area contributed by atoms with Crippen LogP contribution in [-0.4, -0.2) is 54.1 Å². The highest BCUT2D eigenvalue weighted by Gasteiger charge is 2.41. The average Bonchev–Trinajstić information content (AvgIpc) is 2.55. The van der Waals surface area contributed by atoms with Crippen molar-refractivity contribution < 1.29 is 19.5 Å². The maximum Gasteiger partial charge on any atom is 0.0878 e. The Kier molecular flexibility index (Phi) is 6.16. The monoisotopic (exact) mass is 248 g/mol. The molecule has 16 heavy (non-hydrogen) atoms. The maximum atomic E-state index is 9.87. The fraction of sp³-hybridized carbons (Fsp3) is 0.909. The molecule has 1 aliphatic rings. The standard InChI is InChI=1S/C11H21O4P/c1-4-14-16(5-2)7-9-10(6-12)15-8(3)11(9)13/h3,8-13H,4-7H2,1-2H3/t8-,9-,10+,11?,16?/m0/s1. The molecule has 2 N–H and O–H groups in total. The fourth-order valence-corrected chi connectivity index (χ4v) is 3.77. The van der Waals surface area contributed by atoms with Crippen molar-refractivity contribution >= 4 is 8.15 Å².